The molecule has 3 saturated carbocycles. The highest BCUT2D eigenvalue weighted by atomic mass is 16.9. The summed E-state index contributed by atoms with van der Waals surface area (Å²) in [4.78, 5) is 13.0. The van der Waals surface area contributed by atoms with E-state index in [1.807, 2.05) is 44.2 Å². The van der Waals surface area contributed by atoms with Gasteiger partial charge in [-0.05, 0) is 49.3 Å². The van der Waals surface area contributed by atoms with Gasteiger partial charge in [0.2, 0.25) is 0 Å². The molecule has 0 aromatic heterocycles. The van der Waals surface area contributed by atoms with Gasteiger partial charge in [0, 0.05) is 17.4 Å². The molecule has 3 heterocycles. The van der Waals surface area contributed by atoms with E-state index in [0.717, 1.165) is 5.57 Å². The summed E-state index contributed by atoms with van der Waals surface area (Å²) < 4.78 is 33.2. The molecule has 3 bridgehead atoms. The van der Waals surface area contributed by atoms with Crippen LogP contribution in [0.25, 0.3) is 0 Å². The fourth-order valence-corrected chi connectivity index (χ4v) is 9.58. The van der Waals surface area contributed by atoms with Gasteiger partial charge in [0.05, 0.1) is 17.3 Å². The SMILES string of the molecule is C=C(C)[C@]12C[C@@H](C)[C@@]34OC(c5ccccc5)(OC1C3[C@@H]1O[C@]1(COC(=O)c1ccccc1)[C@@H](O)[C@@]1(O)C4C[C@H](C)[C@@H]1O)O2. The van der Waals surface area contributed by atoms with Crippen molar-refractivity contribution in [1.82, 2.24) is 0 Å². The lowest BCUT2D eigenvalue weighted by Gasteiger charge is -2.60. The average Bonchev–Trinajstić information content (AvgIpc) is 3.63. The molecule has 8 rings (SSSR count). The quantitative estimate of drug-likeness (QED) is 0.274. The van der Waals surface area contributed by atoms with Crippen LogP contribution in [-0.4, -0.2) is 74.7 Å². The third kappa shape index (κ3) is 3.23. The number of aliphatic hydroxyl groups excluding tert-OH is 2. The average molecular weight is 591 g/mol. The Morgan fingerprint density at radius 3 is 2.35 bits per heavy atom. The zero-order valence-electron chi connectivity index (χ0n) is 24.5. The van der Waals surface area contributed by atoms with E-state index in [9.17, 15) is 20.1 Å². The van der Waals surface area contributed by atoms with Crippen molar-refractivity contribution in [2.45, 2.75) is 86.4 Å². The molecule has 0 amide bonds. The number of hydrogen-bond acceptors (Lipinski definition) is 9. The summed E-state index contributed by atoms with van der Waals surface area (Å²) in [6, 6.07) is 18.0. The highest BCUT2D eigenvalue weighted by Crippen LogP contribution is 2.74. The van der Waals surface area contributed by atoms with Gasteiger partial charge < -0.3 is 39.0 Å². The second kappa shape index (κ2) is 8.75. The maximum Gasteiger partial charge on any atom is 0.338 e. The van der Waals surface area contributed by atoms with Crippen molar-refractivity contribution in [3.8, 4) is 0 Å². The maximum atomic E-state index is 13.0. The van der Waals surface area contributed by atoms with Crippen LogP contribution in [0.2, 0.25) is 0 Å². The largest absolute Gasteiger partial charge is 0.459 e. The number of carbonyl (C=O) groups is 1. The summed E-state index contributed by atoms with van der Waals surface area (Å²) in [5, 5.41) is 36.4. The minimum atomic E-state index is -2.02. The molecule has 3 aliphatic heterocycles. The normalized spacial score (nSPS) is 50.3. The standard InChI is InChI=1S/C34H38O9/c1-18(2)30-16-20(4)33-23-15-19(3)25(35)32(23,38)29(37)31(17-39-28(36)21-11-7-5-8-12-21)27(40-31)24(33)26(30)41-34(42-30,43-33)22-13-9-6-10-14-22/h5-14,19-20,23-27,29,35,37-38H,1,15-17H2,2-4H3/t19-,20+,23?,24?,25-,26?,27-,29+,30+,31-,32+,33-,34?/m0/s1. The molecule has 3 aliphatic carbocycles. The predicted molar refractivity (Wildman–Crippen MR) is 151 cm³/mol. The van der Waals surface area contributed by atoms with Crippen molar-refractivity contribution in [2.75, 3.05) is 6.61 Å². The number of fused-ring (bicyclic) bond motifs is 3. The summed E-state index contributed by atoms with van der Waals surface area (Å²) >= 11 is 0. The number of carbonyl (C=O) groups excluding carboxylic acids is 1. The zero-order chi connectivity index (χ0) is 30.2. The summed E-state index contributed by atoms with van der Waals surface area (Å²) in [5.41, 5.74) is -3.76. The Kier molecular flexibility index (Phi) is 5.68. The smallest absolute Gasteiger partial charge is 0.338 e. The van der Waals surface area contributed by atoms with Crippen LogP contribution in [0.5, 0.6) is 0 Å². The van der Waals surface area contributed by atoms with Crippen molar-refractivity contribution < 1.29 is 43.8 Å². The number of esters is 1. The molecular weight excluding hydrogens is 552 g/mol. The molecule has 0 spiro atoms. The number of aliphatic hydroxyl groups is 3. The minimum Gasteiger partial charge on any atom is -0.459 e. The van der Waals surface area contributed by atoms with E-state index in [4.69, 9.17) is 23.7 Å². The molecule has 2 aromatic rings. The van der Waals surface area contributed by atoms with Crippen LogP contribution in [0.1, 0.15) is 49.5 Å². The van der Waals surface area contributed by atoms with Crippen molar-refractivity contribution in [1.29, 1.82) is 0 Å². The lowest BCUT2D eigenvalue weighted by atomic mass is 9.54. The van der Waals surface area contributed by atoms with Gasteiger partial charge >= 0.3 is 11.9 Å². The van der Waals surface area contributed by atoms with Crippen molar-refractivity contribution in [3.63, 3.8) is 0 Å². The Balaban J connectivity index is 1.29. The summed E-state index contributed by atoms with van der Waals surface area (Å²) in [6.07, 6.45) is -3.25. The van der Waals surface area contributed by atoms with Gasteiger partial charge in [-0.15, -0.1) is 0 Å². The van der Waals surface area contributed by atoms with Crippen LogP contribution in [0.3, 0.4) is 0 Å². The van der Waals surface area contributed by atoms with E-state index < -0.39 is 70.6 Å². The number of ether oxygens (including phenoxy) is 5. The summed E-state index contributed by atoms with van der Waals surface area (Å²) in [7, 11) is 0. The first kappa shape index (κ1) is 27.9. The number of rotatable bonds is 5. The zero-order valence-corrected chi connectivity index (χ0v) is 24.5. The molecule has 228 valence electrons. The van der Waals surface area contributed by atoms with E-state index in [-0.39, 0.29) is 18.4 Å². The van der Waals surface area contributed by atoms with Crippen molar-refractivity contribution in [2.24, 2.45) is 23.7 Å². The predicted octanol–water partition coefficient (Wildman–Crippen LogP) is 3.07. The van der Waals surface area contributed by atoms with E-state index in [1.54, 1.807) is 30.3 Å². The van der Waals surface area contributed by atoms with Gasteiger partial charge in [0.25, 0.3) is 0 Å². The Labute approximate surface area is 250 Å². The first-order valence-corrected chi connectivity index (χ1v) is 15.2. The Morgan fingerprint density at radius 1 is 1.00 bits per heavy atom. The second-order valence-electron chi connectivity index (χ2n) is 13.8. The third-order valence-electron chi connectivity index (χ3n) is 11.6. The number of hydrogen-bond donors (Lipinski definition) is 3. The van der Waals surface area contributed by atoms with Crippen LogP contribution < -0.4 is 0 Å². The van der Waals surface area contributed by atoms with E-state index in [2.05, 4.69) is 13.5 Å². The fraction of sp³-hybridized carbons (Fsp3) is 0.559. The molecule has 2 aromatic carbocycles. The van der Waals surface area contributed by atoms with Crippen molar-refractivity contribution >= 4 is 5.97 Å². The maximum absolute atomic E-state index is 13.0. The topological polar surface area (TPSA) is 127 Å². The molecule has 3 N–H and O–H groups in total. The summed E-state index contributed by atoms with van der Waals surface area (Å²) in [5.74, 6) is -3.96. The first-order chi connectivity index (χ1) is 20.5. The highest BCUT2D eigenvalue weighted by molar-refractivity contribution is 5.89. The van der Waals surface area contributed by atoms with Gasteiger partial charge in [0.1, 0.15) is 36.1 Å². The monoisotopic (exact) mass is 590 g/mol. The third-order valence-corrected chi connectivity index (χ3v) is 11.6. The number of benzene rings is 2. The molecule has 9 heteroatoms. The molecular formula is C34H38O9. The van der Waals surface area contributed by atoms with Crippen LogP contribution in [-0.2, 0) is 29.7 Å². The number of epoxide rings is 1. The first-order valence-electron chi connectivity index (χ1n) is 15.2. The Bertz CT molecular complexity index is 1480. The Hall–Kier alpha value is -2.63. The highest BCUT2D eigenvalue weighted by Gasteiger charge is 2.89. The van der Waals surface area contributed by atoms with Crippen molar-refractivity contribution in [3.05, 3.63) is 83.9 Å². The van der Waals surface area contributed by atoms with Gasteiger partial charge in [0.15, 0.2) is 5.60 Å². The molecule has 13 atom stereocenters. The fourth-order valence-electron chi connectivity index (χ4n) is 9.58. The Morgan fingerprint density at radius 2 is 1.67 bits per heavy atom. The van der Waals surface area contributed by atoms with Crippen LogP contribution in [0.15, 0.2) is 72.8 Å². The molecule has 0 radical (unpaired) electrons. The van der Waals surface area contributed by atoms with Gasteiger partial charge in [-0.1, -0.05) is 69.0 Å². The molecule has 9 nitrogen and oxygen atoms in total. The molecule has 43 heavy (non-hydrogen) atoms. The molecule has 6 fully saturated rings. The van der Waals surface area contributed by atoms with Gasteiger partial charge in [-0.3, -0.25) is 0 Å². The minimum absolute atomic E-state index is 0.215. The van der Waals surface area contributed by atoms with E-state index in [1.165, 1.54) is 0 Å². The van der Waals surface area contributed by atoms with Crippen LogP contribution in [0, 0.1) is 23.7 Å². The second-order valence-corrected chi connectivity index (χ2v) is 13.8. The molecule has 3 saturated heterocycles. The summed E-state index contributed by atoms with van der Waals surface area (Å²) in [6.45, 7) is 9.89. The van der Waals surface area contributed by atoms with E-state index in [0.29, 0.717) is 24.0 Å². The lowest BCUT2D eigenvalue weighted by Crippen LogP contribution is -2.72. The lowest BCUT2D eigenvalue weighted by molar-refractivity contribution is -0.443. The van der Waals surface area contributed by atoms with Crippen LogP contribution >= 0.6 is 0 Å². The van der Waals surface area contributed by atoms with Crippen LogP contribution in [0.4, 0.5) is 0 Å². The van der Waals surface area contributed by atoms with Gasteiger partial charge in [-0.2, -0.15) is 0 Å². The van der Waals surface area contributed by atoms with Gasteiger partial charge in [-0.25, -0.2) is 4.79 Å². The molecule has 4 unspecified atom stereocenters. The molecule has 6 aliphatic rings. The van der Waals surface area contributed by atoms with E-state index >= 15 is 0 Å².